The molecule has 82 valence electrons. The Morgan fingerprint density at radius 3 is 2.40 bits per heavy atom. The highest BCUT2D eigenvalue weighted by Crippen LogP contribution is 2.51. The van der Waals surface area contributed by atoms with E-state index < -0.39 is 0 Å². The SMILES string of the molecule is CNC(C)C1(Cc2ccc(F)cc2)CC1. The molecule has 1 atom stereocenters. The Hall–Kier alpha value is -0.890. The Kier molecular flexibility index (Phi) is 2.79. The van der Waals surface area contributed by atoms with E-state index in [1.807, 2.05) is 19.2 Å². The van der Waals surface area contributed by atoms with Crippen LogP contribution in [0.3, 0.4) is 0 Å². The van der Waals surface area contributed by atoms with Crippen molar-refractivity contribution in [3.05, 3.63) is 35.6 Å². The van der Waals surface area contributed by atoms with Gasteiger partial charge in [-0.05, 0) is 56.3 Å². The van der Waals surface area contributed by atoms with E-state index in [4.69, 9.17) is 0 Å². The third kappa shape index (κ3) is 2.20. The lowest BCUT2D eigenvalue weighted by molar-refractivity contribution is 0.369. The topological polar surface area (TPSA) is 12.0 Å². The van der Waals surface area contributed by atoms with Crippen molar-refractivity contribution >= 4 is 0 Å². The van der Waals surface area contributed by atoms with E-state index in [1.54, 1.807) is 12.1 Å². The molecule has 1 unspecified atom stereocenters. The fourth-order valence-corrected chi connectivity index (χ4v) is 2.24. The summed E-state index contributed by atoms with van der Waals surface area (Å²) in [5.74, 6) is -0.148. The Balaban J connectivity index is 2.05. The highest BCUT2D eigenvalue weighted by molar-refractivity contribution is 5.20. The van der Waals surface area contributed by atoms with Crippen LogP contribution >= 0.6 is 0 Å². The summed E-state index contributed by atoms with van der Waals surface area (Å²) in [5.41, 5.74) is 1.67. The van der Waals surface area contributed by atoms with Gasteiger partial charge in [-0.1, -0.05) is 12.1 Å². The van der Waals surface area contributed by atoms with Gasteiger partial charge in [-0.2, -0.15) is 0 Å². The summed E-state index contributed by atoms with van der Waals surface area (Å²) in [5, 5.41) is 3.33. The Morgan fingerprint density at radius 1 is 1.33 bits per heavy atom. The van der Waals surface area contributed by atoms with E-state index in [0.717, 1.165) is 6.42 Å². The van der Waals surface area contributed by atoms with Crippen molar-refractivity contribution < 1.29 is 4.39 Å². The standard InChI is InChI=1S/C13H18FN/c1-10(15-2)13(7-8-13)9-11-3-5-12(14)6-4-11/h3-6,10,15H,7-9H2,1-2H3. The van der Waals surface area contributed by atoms with Gasteiger partial charge in [0.2, 0.25) is 0 Å². The molecule has 2 rings (SSSR count). The van der Waals surface area contributed by atoms with Crippen LogP contribution in [0, 0.1) is 11.2 Å². The molecule has 1 fully saturated rings. The second-order valence-corrected chi connectivity index (χ2v) is 4.68. The van der Waals surface area contributed by atoms with Crippen molar-refractivity contribution in [2.24, 2.45) is 5.41 Å². The zero-order valence-corrected chi connectivity index (χ0v) is 9.39. The molecule has 1 aromatic carbocycles. The molecule has 1 aromatic rings. The van der Waals surface area contributed by atoms with Crippen LogP contribution in [0.2, 0.25) is 0 Å². The maximum atomic E-state index is 12.7. The van der Waals surface area contributed by atoms with Gasteiger partial charge in [0, 0.05) is 6.04 Å². The summed E-state index contributed by atoms with van der Waals surface area (Å²) >= 11 is 0. The average molecular weight is 207 g/mol. The van der Waals surface area contributed by atoms with Gasteiger partial charge in [-0.3, -0.25) is 0 Å². The van der Waals surface area contributed by atoms with E-state index >= 15 is 0 Å². The number of hydrogen-bond donors (Lipinski definition) is 1. The molecule has 1 saturated carbocycles. The predicted octanol–water partition coefficient (Wildman–Crippen LogP) is 2.76. The molecule has 15 heavy (non-hydrogen) atoms. The fraction of sp³-hybridized carbons (Fsp3) is 0.538. The van der Waals surface area contributed by atoms with Crippen LogP contribution in [0.25, 0.3) is 0 Å². The second kappa shape index (κ2) is 3.93. The maximum absolute atomic E-state index is 12.7. The molecule has 0 aromatic heterocycles. The second-order valence-electron chi connectivity index (χ2n) is 4.68. The summed E-state index contributed by atoms with van der Waals surface area (Å²) in [6, 6.07) is 7.45. The van der Waals surface area contributed by atoms with Crippen LogP contribution in [0.1, 0.15) is 25.3 Å². The highest BCUT2D eigenvalue weighted by Gasteiger charge is 2.46. The minimum absolute atomic E-state index is 0.148. The molecule has 1 aliphatic rings. The van der Waals surface area contributed by atoms with Gasteiger partial charge >= 0.3 is 0 Å². The predicted molar refractivity (Wildman–Crippen MR) is 60.3 cm³/mol. The molecule has 0 saturated heterocycles. The monoisotopic (exact) mass is 207 g/mol. The van der Waals surface area contributed by atoms with Crippen molar-refractivity contribution in [1.29, 1.82) is 0 Å². The van der Waals surface area contributed by atoms with E-state index in [0.29, 0.717) is 11.5 Å². The summed E-state index contributed by atoms with van der Waals surface area (Å²) < 4.78 is 12.7. The first kappa shape index (κ1) is 10.6. The van der Waals surface area contributed by atoms with E-state index in [1.165, 1.54) is 18.4 Å². The van der Waals surface area contributed by atoms with Crippen molar-refractivity contribution in [3.63, 3.8) is 0 Å². The van der Waals surface area contributed by atoms with Gasteiger partial charge in [-0.25, -0.2) is 4.39 Å². The zero-order valence-electron chi connectivity index (χ0n) is 9.39. The third-order valence-electron chi connectivity index (χ3n) is 3.71. The van der Waals surface area contributed by atoms with Gasteiger partial charge in [0.1, 0.15) is 5.82 Å². The van der Waals surface area contributed by atoms with Crippen molar-refractivity contribution in [1.82, 2.24) is 5.32 Å². The van der Waals surface area contributed by atoms with Crippen LogP contribution < -0.4 is 5.32 Å². The van der Waals surface area contributed by atoms with Gasteiger partial charge in [0.25, 0.3) is 0 Å². The summed E-state index contributed by atoms with van der Waals surface area (Å²) in [6.07, 6.45) is 3.63. The van der Waals surface area contributed by atoms with E-state index in [-0.39, 0.29) is 5.82 Å². The largest absolute Gasteiger partial charge is 0.317 e. The molecule has 0 amide bonds. The quantitative estimate of drug-likeness (QED) is 0.800. The van der Waals surface area contributed by atoms with Crippen molar-refractivity contribution in [3.8, 4) is 0 Å². The maximum Gasteiger partial charge on any atom is 0.123 e. The van der Waals surface area contributed by atoms with Crippen LogP contribution in [-0.4, -0.2) is 13.1 Å². The molecule has 2 heteroatoms. The van der Waals surface area contributed by atoms with Crippen LogP contribution in [0.5, 0.6) is 0 Å². The van der Waals surface area contributed by atoms with Crippen molar-refractivity contribution in [2.45, 2.75) is 32.2 Å². The van der Waals surface area contributed by atoms with E-state index in [9.17, 15) is 4.39 Å². The number of benzene rings is 1. The van der Waals surface area contributed by atoms with Crippen LogP contribution in [0.15, 0.2) is 24.3 Å². The van der Waals surface area contributed by atoms with Gasteiger partial charge in [-0.15, -0.1) is 0 Å². The average Bonchev–Trinajstić information content (AvgIpc) is 3.01. The van der Waals surface area contributed by atoms with Crippen LogP contribution in [0.4, 0.5) is 4.39 Å². The van der Waals surface area contributed by atoms with Gasteiger partial charge in [0.15, 0.2) is 0 Å². The number of rotatable bonds is 4. The highest BCUT2D eigenvalue weighted by atomic mass is 19.1. The minimum atomic E-state index is -0.148. The number of nitrogens with one attached hydrogen (secondary N) is 1. The first-order chi connectivity index (χ1) is 7.16. The normalized spacial score (nSPS) is 19.9. The first-order valence-corrected chi connectivity index (χ1v) is 5.58. The third-order valence-corrected chi connectivity index (χ3v) is 3.71. The zero-order chi connectivity index (χ0) is 10.9. The lowest BCUT2D eigenvalue weighted by Crippen LogP contribution is -2.33. The Bertz CT molecular complexity index is 327. The van der Waals surface area contributed by atoms with Gasteiger partial charge < -0.3 is 5.32 Å². The molecule has 0 spiro atoms. The Morgan fingerprint density at radius 2 is 1.93 bits per heavy atom. The Labute approximate surface area is 90.7 Å². The minimum Gasteiger partial charge on any atom is -0.317 e. The smallest absolute Gasteiger partial charge is 0.123 e. The summed E-state index contributed by atoms with van der Waals surface area (Å²) in [4.78, 5) is 0. The molecule has 1 nitrogen and oxygen atoms in total. The molecule has 0 bridgehead atoms. The molecule has 1 aliphatic carbocycles. The number of halogens is 1. The molecule has 0 heterocycles. The molecule has 1 N–H and O–H groups in total. The molecule has 0 aliphatic heterocycles. The molecule has 0 radical (unpaired) electrons. The van der Waals surface area contributed by atoms with E-state index in [2.05, 4.69) is 12.2 Å². The first-order valence-electron chi connectivity index (χ1n) is 5.58. The summed E-state index contributed by atoms with van der Waals surface area (Å²) in [7, 11) is 2.01. The van der Waals surface area contributed by atoms with Crippen LogP contribution in [-0.2, 0) is 6.42 Å². The molecular weight excluding hydrogens is 189 g/mol. The lowest BCUT2D eigenvalue weighted by Gasteiger charge is -2.23. The van der Waals surface area contributed by atoms with Gasteiger partial charge in [0.05, 0.1) is 0 Å². The number of hydrogen-bond acceptors (Lipinski definition) is 1. The molecular formula is C13H18FN. The van der Waals surface area contributed by atoms with Crippen molar-refractivity contribution in [2.75, 3.05) is 7.05 Å². The fourth-order valence-electron chi connectivity index (χ4n) is 2.24. The summed E-state index contributed by atoms with van der Waals surface area (Å²) in [6.45, 7) is 2.23. The lowest BCUT2D eigenvalue weighted by atomic mass is 9.90.